The smallest absolute Gasteiger partial charge is 0.224 e. The van der Waals surface area contributed by atoms with E-state index in [1.807, 2.05) is 24.3 Å². The van der Waals surface area contributed by atoms with Crippen molar-refractivity contribution in [3.8, 4) is 5.75 Å². The van der Waals surface area contributed by atoms with Crippen LogP contribution in [-0.2, 0) is 4.79 Å². The molecule has 2 saturated heterocycles. The summed E-state index contributed by atoms with van der Waals surface area (Å²) in [4.78, 5) is 14.1. The number of fused-ring (bicyclic) bond motifs is 1. The van der Waals surface area contributed by atoms with Crippen molar-refractivity contribution in [3.63, 3.8) is 0 Å². The zero-order valence-corrected chi connectivity index (χ0v) is 12.9. The van der Waals surface area contributed by atoms with Crippen LogP contribution < -0.4 is 10.1 Å². The van der Waals surface area contributed by atoms with E-state index in [0.29, 0.717) is 12.6 Å². The maximum atomic E-state index is 11.7. The Kier molecular flexibility index (Phi) is 4.27. The Morgan fingerprint density at radius 3 is 2.95 bits per heavy atom. The molecule has 0 spiro atoms. The quantitative estimate of drug-likeness (QED) is 0.913. The molecule has 2 heterocycles. The SMILES string of the molecule is O=C1NCC2C1CCCN2CCOc1ccc(Br)cc1. The summed E-state index contributed by atoms with van der Waals surface area (Å²) >= 11 is 3.41. The summed E-state index contributed by atoms with van der Waals surface area (Å²) in [5.41, 5.74) is 0. The lowest BCUT2D eigenvalue weighted by atomic mass is 9.91. The first-order valence-corrected chi connectivity index (χ1v) is 7.93. The standard InChI is InChI=1S/C15H19BrN2O2/c16-11-3-5-12(6-4-11)20-9-8-18-7-1-2-13-14(18)10-17-15(13)19/h3-6,13-14H,1-2,7-10H2,(H,17,19). The van der Waals surface area contributed by atoms with E-state index in [9.17, 15) is 4.79 Å². The molecule has 1 aromatic rings. The van der Waals surface area contributed by atoms with Gasteiger partial charge in [0.2, 0.25) is 5.91 Å². The van der Waals surface area contributed by atoms with Gasteiger partial charge >= 0.3 is 0 Å². The highest BCUT2D eigenvalue weighted by Crippen LogP contribution is 2.27. The zero-order valence-electron chi connectivity index (χ0n) is 11.3. The maximum absolute atomic E-state index is 11.7. The van der Waals surface area contributed by atoms with Crippen LogP contribution in [0.5, 0.6) is 5.75 Å². The molecule has 4 nitrogen and oxygen atoms in total. The van der Waals surface area contributed by atoms with Gasteiger partial charge in [0.05, 0.1) is 5.92 Å². The molecule has 0 saturated carbocycles. The van der Waals surface area contributed by atoms with E-state index in [2.05, 4.69) is 26.1 Å². The van der Waals surface area contributed by atoms with Crippen LogP contribution in [0.2, 0.25) is 0 Å². The van der Waals surface area contributed by atoms with Crippen molar-refractivity contribution in [1.29, 1.82) is 0 Å². The predicted octanol–water partition coefficient (Wildman–Crippen LogP) is 2.04. The molecule has 0 radical (unpaired) electrons. The average molecular weight is 339 g/mol. The number of carbonyl (C=O) groups is 1. The topological polar surface area (TPSA) is 41.6 Å². The molecule has 2 aliphatic rings. The van der Waals surface area contributed by atoms with Crippen LogP contribution in [0.1, 0.15) is 12.8 Å². The fraction of sp³-hybridized carbons (Fsp3) is 0.533. The van der Waals surface area contributed by atoms with Crippen LogP contribution in [0.15, 0.2) is 28.7 Å². The highest BCUT2D eigenvalue weighted by atomic mass is 79.9. The Hall–Kier alpha value is -1.07. The molecular weight excluding hydrogens is 320 g/mol. The summed E-state index contributed by atoms with van der Waals surface area (Å²) in [5, 5.41) is 2.98. The lowest BCUT2D eigenvalue weighted by Gasteiger charge is -2.35. The number of benzene rings is 1. The summed E-state index contributed by atoms with van der Waals surface area (Å²) < 4.78 is 6.83. The minimum absolute atomic E-state index is 0.191. The molecule has 2 aliphatic heterocycles. The minimum atomic E-state index is 0.191. The van der Waals surface area contributed by atoms with Gasteiger partial charge in [-0.25, -0.2) is 0 Å². The van der Waals surface area contributed by atoms with Gasteiger partial charge in [-0.2, -0.15) is 0 Å². The fourth-order valence-corrected chi connectivity index (χ4v) is 3.39. The number of hydrogen-bond acceptors (Lipinski definition) is 3. The van der Waals surface area contributed by atoms with Gasteiger partial charge in [0.1, 0.15) is 12.4 Å². The van der Waals surface area contributed by atoms with Gasteiger partial charge in [-0.15, -0.1) is 0 Å². The second-order valence-electron chi connectivity index (χ2n) is 5.40. The van der Waals surface area contributed by atoms with E-state index in [-0.39, 0.29) is 11.8 Å². The third-order valence-corrected chi connectivity index (χ3v) is 4.71. The number of piperidine rings is 1. The molecule has 2 unspecified atom stereocenters. The average Bonchev–Trinajstić information content (AvgIpc) is 2.84. The van der Waals surface area contributed by atoms with Gasteiger partial charge in [-0.1, -0.05) is 15.9 Å². The van der Waals surface area contributed by atoms with E-state index in [4.69, 9.17) is 4.74 Å². The highest BCUT2D eigenvalue weighted by molar-refractivity contribution is 9.10. The molecule has 20 heavy (non-hydrogen) atoms. The van der Waals surface area contributed by atoms with Crippen molar-refractivity contribution in [3.05, 3.63) is 28.7 Å². The predicted molar refractivity (Wildman–Crippen MR) is 80.7 cm³/mol. The number of nitrogens with zero attached hydrogens (tertiary/aromatic N) is 1. The summed E-state index contributed by atoms with van der Waals surface area (Å²) in [6.45, 7) is 3.41. The molecule has 0 aromatic heterocycles. The maximum Gasteiger partial charge on any atom is 0.224 e. The lowest BCUT2D eigenvalue weighted by Crippen LogP contribution is -2.47. The molecule has 2 atom stereocenters. The number of carbonyl (C=O) groups excluding carboxylic acids is 1. The van der Waals surface area contributed by atoms with Gasteiger partial charge in [-0.05, 0) is 43.7 Å². The van der Waals surface area contributed by atoms with Crippen molar-refractivity contribution in [2.45, 2.75) is 18.9 Å². The summed E-state index contributed by atoms with van der Waals surface area (Å²) in [7, 11) is 0. The minimum Gasteiger partial charge on any atom is -0.492 e. The molecule has 1 amide bonds. The number of hydrogen-bond donors (Lipinski definition) is 1. The largest absolute Gasteiger partial charge is 0.492 e. The summed E-state index contributed by atoms with van der Waals surface area (Å²) in [6, 6.07) is 8.25. The first-order valence-electron chi connectivity index (χ1n) is 7.14. The van der Waals surface area contributed by atoms with Gasteiger partial charge in [0.25, 0.3) is 0 Å². The number of rotatable bonds is 4. The van der Waals surface area contributed by atoms with Crippen molar-refractivity contribution in [2.75, 3.05) is 26.2 Å². The van der Waals surface area contributed by atoms with Gasteiger partial charge in [0.15, 0.2) is 0 Å². The van der Waals surface area contributed by atoms with Gasteiger partial charge in [-0.3, -0.25) is 9.69 Å². The molecular formula is C15H19BrN2O2. The normalized spacial score (nSPS) is 26.1. The molecule has 3 rings (SSSR count). The Morgan fingerprint density at radius 1 is 1.35 bits per heavy atom. The summed E-state index contributed by atoms with van der Waals surface area (Å²) in [5.74, 6) is 1.31. The van der Waals surface area contributed by atoms with E-state index >= 15 is 0 Å². The van der Waals surface area contributed by atoms with E-state index < -0.39 is 0 Å². The molecule has 5 heteroatoms. The third kappa shape index (κ3) is 2.99. The molecule has 1 N–H and O–H groups in total. The first kappa shape index (κ1) is 13.9. The van der Waals surface area contributed by atoms with Gasteiger partial charge < -0.3 is 10.1 Å². The van der Waals surface area contributed by atoms with Crippen molar-refractivity contribution in [1.82, 2.24) is 10.2 Å². The van der Waals surface area contributed by atoms with Crippen LogP contribution in [-0.4, -0.2) is 43.1 Å². The monoisotopic (exact) mass is 338 g/mol. The number of halogens is 1. The number of ether oxygens (including phenoxy) is 1. The van der Waals surface area contributed by atoms with E-state index in [1.165, 1.54) is 0 Å². The van der Waals surface area contributed by atoms with E-state index in [1.54, 1.807) is 0 Å². The summed E-state index contributed by atoms with van der Waals surface area (Å²) in [6.07, 6.45) is 2.13. The Morgan fingerprint density at radius 2 is 2.15 bits per heavy atom. The Balaban J connectivity index is 1.50. The fourth-order valence-electron chi connectivity index (χ4n) is 3.13. The van der Waals surface area contributed by atoms with Crippen LogP contribution in [0, 0.1) is 5.92 Å². The highest BCUT2D eigenvalue weighted by Gasteiger charge is 2.40. The van der Waals surface area contributed by atoms with Crippen LogP contribution in [0.3, 0.4) is 0 Å². The number of nitrogens with one attached hydrogen (secondary N) is 1. The number of likely N-dealkylation sites (tertiary alicyclic amines) is 1. The van der Waals surface area contributed by atoms with Crippen molar-refractivity contribution >= 4 is 21.8 Å². The molecule has 0 bridgehead atoms. The van der Waals surface area contributed by atoms with Crippen LogP contribution >= 0.6 is 15.9 Å². The van der Waals surface area contributed by atoms with Crippen LogP contribution in [0.4, 0.5) is 0 Å². The van der Waals surface area contributed by atoms with Crippen LogP contribution in [0.25, 0.3) is 0 Å². The van der Waals surface area contributed by atoms with Crippen molar-refractivity contribution < 1.29 is 9.53 Å². The second kappa shape index (κ2) is 6.14. The number of amides is 1. The Bertz CT molecular complexity index is 477. The molecule has 0 aliphatic carbocycles. The third-order valence-electron chi connectivity index (χ3n) is 4.18. The molecule has 2 fully saturated rings. The first-order chi connectivity index (χ1) is 9.74. The Labute approximate surface area is 127 Å². The van der Waals surface area contributed by atoms with Gasteiger partial charge in [0, 0.05) is 23.6 Å². The molecule has 1 aromatic carbocycles. The zero-order chi connectivity index (χ0) is 13.9. The lowest BCUT2D eigenvalue weighted by molar-refractivity contribution is -0.124. The van der Waals surface area contributed by atoms with E-state index in [0.717, 1.165) is 42.7 Å². The van der Waals surface area contributed by atoms with Crippen molar-refractivity contribution in [2.24, 2.45) is 5.92 Å². The second-order valence-corrected chi connectivity index (χ2v) is 6.32. The molecule has 108 valence electrons.